The summed E-state index contributed by atoms with van der Waals surface area (Å²) in [6.45, 7) is 5.44. The van der Waals surface area contributed by atoms with E-state index in [4.69, 9.17) is 5.84 Å². The van der Waals surface area contributed by atoms with Crippen LogP contribution in [0.5, 0.6) is 0 Å². The summed E-state index contributed by atoms with van der Waals surface area (Å²) in [6, 6.07) is 17.1. The van der Waals surface area contributed by atoms with Crippen molar-refractivity contribution in [3.63, 3.8) is 0 Å². The van der Waals surface area contributed by atoms with Gasteiger partial charge in [0.05, 0.1) is 16.3 Å². The first-order valence-electron chi connectivity index (χ1n) is 12.3. The molecule has 0 saturated heterocycles. The number of aryl methyl sites for hydroxylation is 3. The molecule has 0 atom stereocenters. The number of hydrogen-bond donors (Lipinski definition) is 4. The molecule has 0 unspecified atom stereocenters. The minimum absolute atomic E-state index is 0.000938. The summed E-state index contributed by atoms with van der Waals surface area (Å²) >= 11 is 1.11. The fourth-order valence-electron chi connectivity index (χ4n) is 3.88. The summed E-state index contributed by atoms with van der Waals surface area (Å²) in [5, 5.41) is 18.5. The Balaban J connectivity index is 1.18. The van der Waals surface area contributed by atoms with Crippen LogP contribution in [0, 0.1) is 20.8 Å². The number of aromatic amines is 1. The van der Waals surface area contributed by atoms with E-state index in [1.807, 2.05) is 37.3 Å². The van der Waals surface area contributed by atoms with E-state index in [0.29, 0.717) is 33.9 Å². The van der Waals surface area contributed by atoms with Gasteiger partial charge >= 0.3 is 0 Å². The van der Waals surface area contributed by atoms with E-state index in [-0.39, 0.29) is 22.4 Å². The highest BCUT2D eigenvalue weighted by atomic mass is 32.2. The Morgan fingerprint density at radius 1 is 1.00 bits per heavy atom. The van der Waals surface area contributed by atoms with Gasteiger partial charge in [0.2, 0.25) is 16.9 Å². The van der Waals surface area contributed by atoms with Gasteiger partial charge in [-0.05, 0) is 51.1 Å². The maximum absolute atomic E-state index is 12.7. The molecule has 0 aliphatic heterocycles. The fourth-order valence-corrected chi connectivity index (χ4v) is 5.53. The van der Waals surface area contributed by atoms with Crippen LogP contribution in [-0.4, -0.2) is 55.1 Å². The first-order valence-corrected chi connectivity index (χ1v) is 14.8. The Hall–Kier alpha value is -4.76. The van der Waals surface area contributed by atoms with Crippen molar-refractivity contribution in [2.75, 3.05) is 21.6 Å². The summed E-state index contributed by atoms with van der Waals surface area (Å²) in [5.74, 6) is 6.87. The lowest BCUT2D eigenvalue weighted by atomic mass is 10.1. The first-order chi connectivity index (χ1) is 19.6. The van der Waals surface area contributed by atoms with Gasteiger partial charge in [0.15, 0.2) is 0 Å². The third-order valence-corrected chi connectivity index (χ3v) is 8.13. The summed E-state index contributed by atoms with van der Waals surface area (Å²) < 4.78 is 29.2. The van der Waals surface area contributed by atoms with Gasteiger partial charge < -0.3 is 11.2 Å². The second-order valence-corrected chi connectivity index (χ2v) is 11.7. The van der Waals surface area contributed by atoms with Gasteiger partial charge in [0, 0.05) is 23.0 Å². The Bertz CT molecular complexity index is 1800. The lowest BCUT2D eigenvalue weighted by Gasteiger charge is -2.10. The van der Waals surface area contributed by atoms with Gasteiger partial charge in [0.25, 0.3) is 10.0 Å². The molecule has 0 aliphatic rings. The second kappa shape index (κ2) is 11.4. The smallest absolute Gasteiger partial charge is 0.263 e. The number of nitrogens with two attached hydrogens (primary N) is 1. The zero-order chi connectivity index (χ0) is 29.1. The van der Waals surface area contributed by atoms with Gasteiger partial charge in [-0.25, -0.2) is 23.1 Å². The SMILES string of the molecule is Cc1ccc(-c2cc(-c3nnc(SCC(=O)Nc4ccc(S(=O)(=O)Nc5cc(C)nc(C)n5)cc4)n3N)[nH]n2)cc1. The molecule has 0 spiro atoms. The van der Waals surface area contributed by atoms with E-state index in [9.17, 15) is 13.2 Å². The average molecular weight is 591 g/mol. The van der Waals surface area contributed by atoms with Crippen molar-refractivity contribution >= 4 is 39.2 Å². The highest BCUT2D eigenvalue weighted by Crippen LogP contribution is 2.25. The van der Waals surface area contributed by atoms with Crippen molar-refractivity contribution in [2.24, 2.45) is 0 Å². The number of hydrogen-bond acceptors (Lipinski definition) is 10. The lowest BCUT2D eigenvalue weighted by molar-refractivity contribution is -0.113. The maximum Gasteiger partial charge on any atom is 0.263 e. The standard InChI is InChI=1S/C26H26N10O3S2/c1-15-4-6-18(7-5-15)21-13-22(32-31-21)25-33-34-26(36(25)27)40-14-24(37)30-19-8-10-20(11-9-19)41(38,39)35-23-12-16(2)28-17(3)29-23/h4-13H,14,27H2,1-3H3,(H,30,37)(H,31,32)(H,28,29,35). The van der Waals surface area contributed by atoms with E-state index in [1.165, 1.54) is 28.9 Å². The van der Waals surface area contributed by atoms with E-state index in [1.54, 1.807) is 19.9 Å². The first kappa shape index (κ1) is 27.8. The molecule has 0 bridgehead atoms. The van der Waals surface area contributed by atoms with E-state index < -0.39 is 10.0 Å². The molecule has 5 aromatic rings. The molecule has 210 valence electrons. The van der Waals surface area contributed by atoms with E-state index >= 15 is 0 Å². The molecule has 1 amide bonds. The number of amides is 1. The Morgan fingerprint density at radius 3 is 2.44 bits per heavy atom. The van der Waals surface area contributed by atoms with E-state index in [2.05, 4.69) is 40.4 Å². The number of carbonyl (C=O) groups is 1. The molecule has 0 radical (unpaired) electrons. The molecule has 0 aliphatic carbocycles. The van der Waals surface area contributed by atoms with Crippen molar-refractivity contribution in [3.8, 4) is 22.8 Å². The van der Waals surface area contributed by atoms with Crippen LogP contribution in [0.3, 0.4) is 0 Å². The summed E-state index contributed by atoms with van der Waals surface area (Å²) in [6.07, 6.45) is 0. The van der Waals surface area contributed by atoms with Crippen LogP contribution in [0.1, 0.15) is 17.1 Å². The van der Waals surface area contributed by atoms with Crippen LogP contribution in [0.25, 0.3) is 22.8 Å². The maximum atomic E-state index is 12.7. The Morgan fingerprint density at radius 2 is 1.73 bits per heavy atom. The van der Waals surface area contributed by atoms with Gasteiger partial charge in [-0.2, -0.15) is 5.10 Å². The number of sulfonamides is 1. The van der Waals surface area contributed by atoms with Gasteiger partial charge in [-0.3, -0.25) is 14.6 Å². The Labute approximate surface area is 240 Å². The van der Waals surface area contributed by atoms with E-state index in [0.717, 1.165) is 28.6 Å². The number of H-pyrrole nitrogens is 1. The number of carbonyl (C=O) groups excluding carboxylic acids is 1. The third-order valence-electron chi connectivity index (χ3n) is 5.82. The monoisotopic (exact) mass is 590 g/mol. The Kier molecular flexibility index (Phi) is 7.72. The summed E-state index contributed by atoms with van der Waals surface area (Å²) in [5.41, 5.74) is 4.50. The minimum Gasteiger partial charge on any atom is -0.335 e. The molecule has 3 aromatic heterocycles. The molecule has 0 saturated carbocycles. The van der Waals surface area contributed by atoms with Crippen LogP contribution in [-0.2, 0) is 14.8 Å². The number of nitrogens with one attached hydrogen (secondary N) is 3. The van der Waals surface area contributed by atoms with Gasteiger partial charge in [0.1, 0.15) is 17.3 Å². The predicted molar refractivity (Wildman–Crippen MR) is 156 cm³/mol. The average Bonchev–Trinajstić information content (AvgIpc) is 3.54. The largest absolute Gasteiger partial charge is 0.335 e. The normalized spacial score (nSPS) is 11.4. The molecule has 5 rings (SSSR count). The topological polar surface area (TPSA) is 186 Å². The van der Waals surface area contributed by atoms with Crippen LogP contribution in [0.2, 0.25) is 0 Å². The van der Waals surface area contributed by atoms with Crippen molar-refractivity contribution in [1.82, 2.24) is 35.0 Å². The number of nitrogens with zero attached hydrogens (tertiary/aromatic N) is 6. The molecule has 2 aromatic carbocycles. The zero-order valence-corrected chi connectivity index (χ0v) is 23.9. The predicted octanol–water partition coefficient (Wildman–Crippen LogP) is 3.30. The lowest BCUT2D eigenvalue weighted by Crippen LogP contribution is -2.17. The molecule has 41 heavy (non-hydrogen) atoms. The van der Waals surface area contributed by atoms with Crippen molar-refractivity contribution < 1.29 is 13.2 Å². The molecule has 0 fully saturated rings. The fraction of sp³-hybridized carbons (Fsp3) is 0.154. The third kappa shape index (κ3) is 6.53. The highest BCUT2D eigenvalue weighted by Gasteiger charge is 2.18. The number of anilines is 2. The number of rotatable bonds is 9. The highest BCUT2D eigenvalue weighted by molar-refractivity contribution is 7.99. The van der Waals surface area contributed by atoms with Crippen molar-refractivity contribution in [2.45, 2.75) is 30.8 Å². The molecular weight excluding hydrogens is 564 g/mol. The molecule has 5 N–H and O–H groups in total. The van der Waals surface area contributed by atoms with Crippen molar-refractivity contribution in [3.05, 3.63) is 77.7 Å². The quantitative estimate of drug-likeness (QED) is 0.147. The van der Waals surface area contributed by atoms with Crippen LogP contribution >= 0.6 is 11.8 Å². The molecule has 13 nitrogen and oxygen atoms in total. The second-order valence-electron chi connectivity index (χ2n) is 9.12. The van der Waals surface area contributed by atoms with Crippen LogP contribution in [0.4, 0.5) is 11.5 Å². The number of benzene rings is 2. The van der Waals surface area contributed by atoms with Crippen LogP contribution < -0.4 is 15.9 Å². The summed E-state index contributed by atoms with van der Waals surface area (Å²) in [4.78, 5) is 20.8. The van der Waals surface area contributed by atoms with Crippen molar-refractivity contribution in [1.29, 1.82) is 0 Å². The van der Waals surface area contributed by atoms with Gasteiger partial charge in [-0.1, -0.05) is 41.6 Å². The zero-order valence-electron chi connectivity index (χ0n) is 22.3. The minimum atomic E-state index is -3.88. The molecular formula is C26H26N10O3S2. The number of aromatic nitrogens is 7. The molecule has 3 heterocycles. The number of nitrogen functional groups attached to an aromatic ring is 1. The summed E-state index contributed by atoms with van der Waals surface area (Å²) in [7, 11) is -3.88. The van der Waals surface area contributed by atoms with Gasteiger partial charge in [-0.15, -0.1) is 10.2 Å². The molecule has 15 heteroatoms. The van der Waals surface area contributed by atoms with Crippen LogP contribution in [0.15, 0.2) is 70.7 Å². The number of thioether (sulfide) groups is 1.